The molecule has 0 saturated heterocycles. The van der Waals surface area contributed by atoms with Gasteiger partial charge in [0.05, 0.1) is 25.7 Å². The van der Waals surface area contributed by atoms with E-state index in [1.165, 1.54) is 18.5 Å². The predicted molar refractivity (Wildman–Crippen MR) is 115 cm³/mol. The van der Waals surface area contributed by atoms with Gasteiger partial charge in [-0.05, 0) is 37.1 Å². The minimum atomic E-state index is -3.78. The van der Waals surface area contributed by atoms with Gasteiger partial charge in [-0.3, -0.25) is 4.79 Å². The van der Waals surface area contributed by atoms with Gasteiger partial charge in [-0.1, -0.05) is 37.5 Å². The summed E-state index contributed by atoms with van der Waals surface area (Å²) >= 11 is 0. The number of nitrogens with one attached hydrogen (secondary N) is 1. The third kappa shape index (κ3) is 5.12. The van der Waals surface area contributed by atoms with Gasteiger partial charge in [-0.2, -0.15) is 4.31 Å². The number of benzene rings is 2. The van der Waals surface area contributed by atoms with E-state index in [1.54, 1.807) is 48.5 Å². The summed E-state index contributed by atoms with van der Waals surface area (Å²) in [6.07, 6.45) is 4.53. The normalized spacial score (nSPS) is 15.0. The van der Waals surface area contributed by atoms with Crippen molar-refractivity contribution in [2.45, 2.75) is 43.0 Å². The molecule has 1 aliphatic carbocycles. The Kier molecular flexibility index (Phi) is 7.33. The van der Waals surface area contributed by atoms with E-state index in [4.69, 9.17) is 9.47 Å². The Bertz CT molecular complexity index is 957. The average molecular weight is 433 g/mol. The number of ether oxygens (including phenoxy) is 2. The Morgan fingerprint density at radius 3 is 2.30 bits per heavy atom. The molecule has 0 unspecified atom stereocenters. The zero-order valence-electron chi connectivity index (χ0n) is 17.3. The summed E-state index contributed by atoms with van der Waals surface area (Å²) in [6.45, 7) is -0.240. The molecule has 7 nitrogen and oxygen atoms in total. The van der Waals surface area contributed by atoms with Crippen molar-refractivity contribution in [3.8, 4) is 11.5 Å². The van der Waals surface area contributed by atoms with Crippen molar-refractivity contribution in [3.63, 3.8) is 0 Å². The standard InChI is InChI=1S/C22H28N2O5S/c1-28-20-14-13-17(15-21(20)29-2)23-22(25)16-24(18-9-5-3-6-10-18)30(26,27)19-11-7-4-8-12-19/h4,7-8,11-15,18H,3,5-6,9-10,16H2,1-2H3,(H,23,25). The lowest BCUT2D eigenvalue weighted by Crippen LogP contribution is -2.45. The first-order valence-corrected chi connectivity index (χ1v) is 11.5. The zero-order valence-corrected chi connectivity index (χ0v) is 18.2. The second-order valence-electron chi connectivity index (χ2n) is 7.27. The number of methoxy groups -OCH3 is 2. The fourth-order valence-corrected chi connectivity index (χ4v) is 5.43. The van der Waals surface area contributed by atoms with E-state index in [1.807, 2.05) is 0 Å². The van der Waals surface area contributed by atoms with Crippen LogP contribution in [-0.2, 0) is 14.8 Å². The molecule has 1 amide bonds. The predicted octanol–water partition coefficient (Wildman–Crippen LogP) is 3.67. The van der Waals surface area contributed by atoms with Gasteiger partial charge in [0.25, 0.3) is 0 Å². The summed E-state index contributed by atoms with van der Waals surface area (Å²) in [6, 6.07) is 13.1. The van der Waals surface area contributed by atoms with Crippen molar-refractivity contribution in [1.82, 2.24) is 4.31 Å². The lowest BCUT2D eigenvalue weighted by Gasteiger charge is -2.33. The Morgan fingerprint density at radius 2 is 1.67 bits per heavy atom. The van der Waals surface area contributed by atoms with Gasteiger partial charge in [0.15, 0.2) is 11.5 Å². The molecule has 0 radical (unpaired) electrons. The molecular formula is C22H28N2O5S. The number of sulfonamides is 1. The molecule has 2 aromatic carbocycles. The quantitative estimate of drug-likeness (QED) is 0.688. The van der Waals surface area contributed by atoms with E-state index in [0.717, 1.165) is 32.1 Å². The van der Waals surface area contributed by atoms with Gasteiger partial charge in [0.1, 0.15) is 0 Å². The number of carbonyl (C=O) groups excluding carboxylic acids is 1. The largest absolute Gasteiger partial charge is 0.493 e. The highest BCUT2D eigenvalue weighted by Crippen LogP contribution is 2.30. The van der Waals surface area contributed by atoms with Crippen LogP contribution in [-0.4, -0.2) is 45.4 Å². The highest BCUT2D eigenvalue weighted by Gasteiger charge is 2.33. The Balaban J connectivity index is 1.81. The van der Waals surface area contributed by atoms with Crippen LogP contribution in [0, 0.1) is 0 Å². The Labute approximate surface area is 178 Å². The van der Waals surface area contributed by atoms with Crippen molar-refractivity contribution < 1.29 is 22.7 Å². The average Bonchev–Trinajstić information content (AvgIpc) is 2.78. The molecule has 0 atom stereocenters. The molecule has 0 heterocycles. The van der Waals surface area contributed by atoms with Gasteiger partial charge in [-0.25, -0.2) is 8.42 Å². The van der Waals surface area contributed by atoms with E-state index in [-0.39, 0.29) is 17.5 Å². The first-order valence-electron chi connectivity index (χ1n) is 10.0. The fourth-order valence-electron chi connectivity index (χ4n) is 3.76. The number of carbonyl (C=O) groups is 1. The molecule has 0 aromatic heterocycles. The van der Waals surface area contributed by atoms with Crippen LogP contribution < -0.4 is 14.8 Å². The van der Waals surface area contributed by atoms with Crippen molar-refractivity contribution in [2.75, 3.05) is 26.1 Å². The second-order valence-corrected chi connectivity index (χ2v) is 9.16. The van der Waals surface area contributed by atoms with E-state index >= 15 is 0 Å². The van der Waals surface area contributed by atoms with Gasteiger partial charge >= 0.3 is 0 Å². The summed E-state index contributed by atoms with van der Waals surface area (Å²) < 4.78 is 38.5. The van der Waals surface area contributed by atoms with Crippen LogP contribution in [0.3, 0.4) is 0 Å². The van der Waals surface area contributed by atoms with E-state index in [0.29, 0.717) is 17.2 Å². The minimum absolute atomic E-state index is 0.180. The molecule has 1 N–H and O–H groups in total. The number of rotatable bonds is 8. The van der Waals surface area contributed by atoms with E-state index in [2.05, 4.69) is 5.32 Å². The van der Waals surface area contributed by atoms with Crippen LogP contribution in [0.5, 0.6) is 11.5 Å². The Morgan fingerprint density at radius 1 is 1.00 bits per heavy atom. The van der Waals surface area contributed by atoms with Crippen LogP contribution in [0.15, 0.2) is 53.4 Å². The van der Waals surface area contributed by atoms with Crippen LogP contribution in [0.1, 0.15) is 32.1 Å². The molecule has 1 aliphatic rings. The molecule has 30 heavy (non-hydrogen) atoms. The monoisotopic (exact) mass is 432 g/mol. The summed E-state index contributed by atoms with van der Waals surface area (Å²) in [4.78, 5) is 13.0. The van der Waals surface area contributed by atoms with E-state index in [9.17, 15) is 13.2 Å². The van der Waals surface area contributed by atoms with Crippen molar-refractivity contribution in [2.24, 2.45) is 0 Å². The smallest absolute Gasteiger partial charge is 0.243 e. The maximum Gasteiger partial charge on any atom is 0.243 e. The molecule has 162 valence electrons. The van der Waals surface area contributed by atoms with Crippen LogP contribution in [0.4, 0.5) is 5.69 Å². The van der Waals surface area contributed by atoms with Crippen LogP contribution in [0.2, 0.25) is 0 Å². The van der Waals surface area contributed by atoms with Gasteiger partial charge in [0, 0.05) is 17.8 Å². The number of amides is 1. The lowest BCUT2D eigenvalue weighted by atomic mass is 9.95. The van der Waals surface area contributed by atoms with Crippen LogP contribution in [0.25, 0.3) is 0 Å². The number of nitrogens with zero attached hydrogens (tertiary/aromatic N) is 1. The van der Waals surface area contributed by atoms with E-state index < -0.39 is 15.9 Å². The fraction of sp³-hybridized carbons (Fsp3) is 0.409. The maximum absolute atomic E-state index is 13.3. The molecule has 1 saturated carbocycles. The minimum Gasteiger partial charge on any atom is -0.493 e. The molecular weight excluding hydrogens is 404 g/mol. The third-order valence-corrected chi connectivity index (χ3v) is 7.21. The van der Waals surface area contributed by atoms with Crippen LogP contribution >= 0.6 is 0 Å². The molecule has 1 fully saturated rings. The molecule has 3 rings (SSSR count). The lowest BCUT2D eigenvalue weighted by molar-refractivity contribution is -0.116. The third-order valence-electron chi connectivity index (χ3n) is 5.30. The number of anilines is 1. The van der Waals surface area contributed by atoms with Gasteiger partial charge < -0.3 is 14.8 Å². The van der Waals surface area contributed by atoms with Gasteiger partial charge in [0.2, 0.25) is 15.9 Å². The topological polar surface area (TPSA) is 84.9 Å². The highest BCUT2D eigenvalue weighted by molar-refractivity contribution is 7.89. The summed E-state index contributed by atoms with van der Waals surface area (Å²) in [7, 11) is -0.735. The van der Waals surface area contributed by atoms with Crippen molar-refractivity contribution >= 4 is 21.6 Å². The maximum atomic E-state index is 13.3. The van der Waals surface area contributed by atoms with Gasteiger partial charge in [-0.15, -0.1) is 0 Å². The zero-order chi connectivity index (χ0) is 21.6. The summed E-state index contributed by atoms with van der Waals surface area (Å²) in [5.41, 5.74) is 0.512. The second kappa shape index (κ2) is 9.95. The molecule has 8 heteroatoms. The molecule has 0 bridgehead atoms. The number of hydrogen-bond acceptors (Lipinski definition) is 5. The first kappa shape index (κ1) is 22.1. The first-order chi connectivity index (χ1) is 14.5. The summed E-state index contributed by atoms with van der Waals surface area (Å²) in [5.74, 6) is 0.634. The Hall–Kier alpha value is -2.58. The van der Waals surface area contributed by atoms with Crippen molar-refractivity contribution in [1.29, 1.82) is 0 Å². The highest BCUT2D eigenvalue weighted by atomic mass is 32.2. The number of hydrogen-bond donors (Lipinski definition) is 1. The SMILES string of the molecule is COc1ccc(NC(=O)CN(C2CCCCC2)S(=O)(=O)c2ccccc2)cc1OC. The summed E-state index contributed by atoms with van der Waals surface area (Å²) in [5, 5.41) is 2.78. The van der Waals surface area contributed by atoms with Crippen molar-refractivity contribution in [3.05, 3.63) is 48.5 Å². The molecule has 0 spiro atoms. The molecule has 0 aliphatic heterocycles. The molecule has 2 aromatic rings.